The van der Waals surface area contributed by atoms with Crippen molar-refractivity contribution in [3.8, 4) is 0 Å². The third-order valence-electron chi connectivity index (χ3n) is 5.30. The maximum atomic E-state index is 12.7. The fourth-order valence-electron chi connectivity index (χ4n) is 3.73. The van der Waals surface area contributed by atoms with Crippen LogP contribution in [0.25, 0.3) is 0 Å². The molecule has 2 aromatic heterocycles. The second kappa shape index (κ2) is 8.39. The summed E-state index contributed by atoms with van der Waals surface area (Å²) in [6.45, 7) is 5.76. The molecule has 3 heterocycles. The average Bonchev–Trinajstić information content (AvgIpc) is 3.29. The van der Waals surface area contributed by atoms with Gasteiger partial charge in [0, 0.05) is 25.5 Å². The first kappa shape index (κ1) is 19.1. The van der Waals surface area contributed by atoms with E-state index in [1.54, 1.807) is 18.6 Å². The number of aryl methyl sites for hydroxylation is 2. The van der Waals surface area contributed by atoms with Crippen molar-refractivity contribution in [2.75, 3.05) is 18.4 Å². The molecule has 148 valence electrons. The molecule has 1 saturated heterocycles. The Hall–Kier alpha value is -3.28. The van der Waals surface area contributed by atoms with Gasteiger partial charge in [-0.2, -0.15) is 0 Å². The van der Waals surface area contributed by atoms with Gasteiger partial charge >= 0.3 is 0 Å². The molecule has 1 atom stereocenters. The first-order valence-corrected chi connectivity index (χ1v) is 9.97. The van der Waals surface area contributed by atoms with Crippen molar-refractivity contribution in [2.24, 2.45) is 0 Å². The van der Waals surface area contributed by atoms with E-state index < -0.39 is 0 Å². The monoisotopic (exact) mass is 387 g/mol. The lowest BCUT2D eigenvalue weighted by Crippen LogP contribution is -2.28. The van der Waals surface area contributed by atoms with Gasteiger partial charge in [0.25, 0.3) is 5.91 Å². The molecule has 4 rings (SSSR count). The van der Waals surface area contributed by atoms with Crippen LogP contribution in [0.15, 0.2) is 55.1 Å². The zero-order valence-electron chi connectivity index (χ0n) is 16.8. The van der Waals surface area contributed by atoms with Crippen LogP contribution in [0.1, 0.15) is 51.6 Å². The zero-order chi connectivity index (χ0) is 20.2. The molecular formula is C23H25N5O. The molecule has 1 fully saturated rings. The Morgan fingerprint density at radius 3 is 2.66 bits per heavy atom. The number of rotatable bonds is 5. The molecule has 1 N–H and O–H groups in total. The van der Waals surface area contributed by atoms with Crippen LogP contribution in [-0.2, 0) is 0 Å². The number of likely N-dealkylation sites (tertiary alicyclic amines) is 1. The van der Waals surface area contributed by atoms with E-state index in [2.05, 4.69) is 52.3 Å². The second-order valence-corrected chi connectivity index (χ2v) is 7.51. The van der Waals surface area contributed by atoms with Crippen molar-refractivity contribution in [1.29, 1.82) is 0 Å². The molecule has 0 bridgehead atoms. The van der Waals surface area contributed by atoms with E-state index in [0.717, 1.165) is 37.1 Å². The fourth-order valence-corrected chi connectivity index (χ4v) is 3.73. The van der Waals surface area contributed by atoms with Crippen LogP contribution < -0.4 is 5.32 Å². The molecule has 0 spiro atoms. The van der Waals surface area contributed by atoms with Gasteiger partial charge in [-0.3, -0.25) is 14.8 Å². The molecule has 1 amide bonds. The van der Waals surface area contributed by atoms with Crippen molar-refractivity contribution >= 4 is 11.7 Å². The lowest BCUT2D eigenvalue weighted by molar-refractivity contribution is 0.0786. The van der Waals surface area contributed by atoms with E-state index in [9.17, 15) is 4.79 Å². The van der Waals surface area contributed by atoms with Crippen LogP contribution in [0.3, 0.4) is 0 Å². The molecule has 1 unspecified atom stereocenters. The zero-order valence-corrected chi connectivity index (χ0v) is 16.8. The number of amides is 1. The molecule has 6 nitrogen and oxygen atoms in total. The smallest absolute Gasteiger partial charge is 0.274 e. The lowest BCUT2D eigenvalue weighted by Gasteiger charge is -2.23. The Labute approximate surface area is 171 Å². The highest BCUT2D eigenvalue weighted by atomic mass is 16.2. The normalized spacial score (nSPS) is 14.6. The Bertz CT molecular complexity index is 999. The molecular weight excluding hydrogens is 362 g/mol. The van der Waals surface area contributed by atoms with Crippen LogP contribution in [0, 0.1) is 13.8 Å². The summed E-state index contributed by atoms with van der Waals surface area (Å²) in [6, 6.07) is 10.2. The van der Waals surface area contributed by atoms with Gasteiger partial charge in [-0.1, -0.05) is 29.8 Å². The summed E-state index contributed by atoms with van der Waals surface area (Å²) in [5.74, 6) is 0.521. The molecule has 0 saturated carbocycles. The number of hydrogen-bond donors (Lipinski definition) is 1. The summed E-state index contributed by atoms with van der Waals surface area (Å²) in [6.07, 6.45) is 8.92. The SMILES string of the molecule is Cc1ccc(C)c(C(Nc2cncc(C(=O)N3CCCC3)n2)c2cccnc2)c1. The minimum atomic E-state index is -0.143. The molecule has 29 heavy (non-hydrogen) atoms. The summed E-state index contributed by atoms with van der Waals surface area (Å²) in [5.41, 5.74) is 4.91. The summed E-state index contributed by atoms with van der Waals surface area (Å²) in [4.78, 5) is 27.7. The quantitative estimate of drug-likeness (QED) is 0.718. The fraction of sp³-hybridized carbons (Fsp3) is 0.304. The molecule has 3 aromatic rings. The van der Waals surface area contributed by atoms with Gasteiger partial charge in [-0.15, -0.1) is 0 Å². The number of benzene rings is 1. The van der Waals surface area contributed by atoms with E-state index in [-0.39, 0.29) is 11.9 Å². The molecule has 1 aliphatic rings. The third kappa shape index (κ3) is 4.26. The van der Waals surface area contributed by atoms with Gasteiger partial charge in [0.05, 0.1) is 18.4 Å². The highest BCUT2D eigenvalue weighted by molar-refractivity contribution is 5.92. The molecule has 0 radical (unpaired) electrons. The third-order valence-corrected chi connectivity index (χ3v) is 5.30. The number of nitrogens with one attached hydrogen (secondary N) is 1. The van der Waals surface area contributed by atoms with Gasteiger partial charge in [0.2, 0.25) is 0 Å². The number of carbonyl (C=O) groups excluding carboxylic acids is 1. The first-order chi connectivity index (χ1) is 14.1. The average molecular weight is 387 g/mol. The number of aromatic nitrogens is 3. The van der Waals surface area contributed by atoms with Crippen LogP contribution in [-0.4, -0.2) is 38.8 Å². The number of hydrogen-bond acceptors (Lipinski definition) is 5. The summed E-state index contributed by atoms with van der Waals surface area (Å²) in [7, 11) is 0. The van der Waals surface area contributed by atoms with Crippen molar-refractivity contribution < 1.29 is 4.79 Å². The van der Waals surface area contributed by atoms with Gasteiger partial charge in [-0.25, -0.2) is 4.98 Å². The van der Waals surface area contributed by atoms with Crippen LogP contribution in [0.4, 0.5) is 5.82 Å². The van der Waals surface area contributed by atoms with Crippen molar-refractivity contribution in [3.05, 3.63) is 83.1 Å². The largest absolute Gasteiger partial charge is 0.358 e. The number of anilines is 1. The molecule has 0 aliphatic carbocycles. The highest BCUT2D eigenvalue weighted by Crippen LogP contribution is 2.28. The lowest BCUT2D eigenvalue weighted by atomic mass is 9.94. The van der Waals surface area contributed by atoms with Crippen LogP contribution >= 0.6 is 0 Å². The highest BCUT2D eigenvalue weighted by Gasteiger charge is 2.22. The Morgan fingerprint density at radius 1 is 1.07 bits per heavy atom. The van der Waals surface area contributed by atoms with E-state index in [1.807, 2.05) is 23.2 Å². The van der Waals surface area contributed by atoms with Gasteiger partial charge in [-0.05, 0) is 49.4 Å². The topological polar surface area (TPSA) is 71.0 Å². The summed E-state index contributed by atoms with van der Waals surface area (Å²) >= 11 is 0. The Balaban J connectivity index is 1.67. The second-order valence-electron chi connectivity index (χ2n) is 7.51. The molecule has 1 aliphatic heterocycles. The molecule has 6 heteroatoms. The standard InChI is InChI=1S/C23H25N5O/c1-16-7-8-17(2)19(12-16)22(18-6-5-9-24-13-18)27-21-15-25-14-20(26-21)23(29)28-10-3-4-11-28/h5-9,12-15,22H,3-4,10-11H2,1-2H3,(H,26,27). The van der Waals surface area contributed by atoms with Crippen molar-refractivity contribution in [3.63, 3.8) is 0 Å². The Kier molecular flexibility index (Phi) is 5.51. The van der Waals surface area contributed by atoms with Gasteiger partial charge in [0.15, 0.2) is 0 Å². The van der Waals surface area contributed by atoms with Crippen LogP contribution in [0.2, 0.25) is 0 Å². The van der Waals surface area contributed by atoms with Gasteiger partial charge in [0.1, 0.15) is 11.5 Å². The first-order valence-electron chi connectivity index (χ1n) is 9.97. The summed E-state index contributed by atoms with van der Waals surface area (Å²) < 4.78 is 0. The number of carbonyl (C=O) groups is 1. The number of pyridine rings is 1. The van der Waals surface area contributed by atoms with Crippen molar-refractivity contribution in [2.45, 2.75) is 32.7 Å². The molecule has 1 aromatic carbocycles. The predicted octanol–water partition coefficient (Wildman–Crippen LogP) is 3.93. The summed E-state index contributed by atoms with van der Waals surface area (Å²) in [5, 5.41) is 3.48. The van der Waals surface area contributed by atoms with Crippen molar-refractivity contribution in [1.82, 2.24) is 19.9 Å². The maximum absolute atomic E-state index is 12.7. The minimum Gasteiger partial charge on any atom is -0.358 e. The van der Waals surface area contributed by atoms with E-state index in [4.69, 9.17) is 0 Å². The minimum absolute atomic E-state index is 0.0525. The van der Waals surface area contributed by atoms with E-state index >= 15 is 0 Å². The maximum Gasteiger partial charge on any atom is 0.274 e. The van der Waals surface area contributed by atoms with Crippen LogP contribution in [0.5, 0.6) is 0 Å². The predicted molar refractivity (Wildman–Crippen MR) is 113 cm³/mol. The Morgan fingerprint density at radius 2 is 1.90 bits per heavy atom. The van der Waals surface area contributed by atoms with E-state index in [0.29, 0.717) is 11.5 Å². The van der Waals surface area contributed by atoms with E-state index in [1.165, 1.54) is 11.1 Å². The van der Waals surface area contributed by atoms with Gasteiger partial charge < -0.3 is 10.2 Å². The number of nitrogens with zero attached hydrogens (tertiary/aromatic N) is 4.